The number of benzene rings is 1. The van der Waals surface area contributed by atoms with Crippen LogP contribution < -0.4 is 9.88 Å². The van der Waals surface area contributed by atoms with E-state index >= 15 is 0 Å². The largest absolute Gasteiger partial charge is 0.573 e. The Kier molecular flexibility index (Phi) is 3.10. The minimum absolute atomic E-state index is 0.285. The van der Waals surface area contributed by atoms with Crippen LogP contribution in [0.2, 0.25) is 0 Å². The summed E-state index contributed by atoms with van der Waals surface area (Å²) in [4.78, 5) is -0.901. The monoisotopic (exact) mass is 259 g/mol. The average Bonchev–Trinajstić information content (AvgIpc) is 1.97. The molecule has 0 saturated carbocycles. The van der Waals surface area contributed by atoms with Crippen LogP contribution in [0.5, 0.6) is 5.75 Å². The molecule has 1 aromatic carbocycles. The number of sulfonamides is 1. The molecule has 0 spiro atoms. The molecule has 0 saturated heterocycles. The highest BCUT2D eigenvalue weighted by Crippen LogP contribution is 2.25. The van der Waals surface area contributed by atoms with Crippen LogP contribution in [0.4, 0.5) is 17.6 Å². The Morgan fingerprint density at radius 1 is 1.25 bits per heavy atom. The first-order chi connectivity index (χ1) is 7.09. The predicted molar refractivity (Wildman–Crippen MR) is 44.5 cm³/mol. The van der Waals surface area contributed by atoms with E-state index in [0.29, 0.717) is 12.1 Å². The Morgan fingerprint density at radius 3 is 2.19 bits per heavy atom. The van der Waals surface area contributed by atoms with Gasteiger partial charge in [-0.05, 0) is 12.1 Å². The van der Waals surface area contributed by atoms with Gasteiger partial charge in [0, 0.05) is 6.07 Å². The van der Waals surface area contributed by atoms with Gasteiger partial charge in [0.1, 0.15) is 16.5 Å². The second-order valence-corrected chi connectivity index (χ2v) is 4.21. The molecule has 0 bridgehead atoms. The lowest BCUT2D eigenvalue weighted by Crippen LogP contribution is -2.18. The Balaban J connectivity index is 3.10. The molecule has 0 amide bonds. The predicted octanol–water partition coefficient (Wildman–Crippen LogP) is 1.37. The summed E-state index contributed by atoms with van der Waals surface area (Å²) in [7, 11) is -4.31. The van der Waals surface area contributed by atoms with Crippen molar-refractivity contribution in [3.05, 3.63) is 24.0 Å². The first-order valence-corrected chi connectivity index (χ1v) is 5.22. The van der Waals surface area contributed by atoms with Gasteiger partial charge in [-0.1, -0.05) is 0 Å². The van der Waals surface area contributed by atoms with Gasteiger partial charge < -0.3 is 4.74 Å². The van der Waals surface area contributed by atoms with Crippen molar-refractivity contribution in [1.29, 1.82) is 0 Å². The third-order valence-electron chi connectivity index (χ3n) is 1.44. The zero-order valence-electron chi connectivity index (χ0n) is 7.45. The minimum atomic E-state index is -4.98. The van der Waals surface area contributed by atoms with E-state index in [1.165, 1.54) is 0 Å². The van der Waals surface area contributed by atoms with Gasteiger partial charge in [0.25, 0.3) is 0 Å². The Labute approximate surface area is 87.7 Å². The van der Waals surface area contributed by atoms with Crippen LogP contribution in [0.15, 0.2) is 23.1 Å². The summed E-state index contributed by atoms with van der Waals surface area (Å²) in [6.07, 6.45) is -4.98. The SMILES string of the molecule is NS(=O)(=O)c1ccc(OC(F)(F)F)cc1F. The zero-order valence-corrected chi connectivity index (χ0v) is 8.27. The topological polar surface area (TPSA) is 69.4 Å². The van der Waals surface area contributed by atoms with Crippen LogP contribution in [0, 0.1) is 5.82 Å². The normalized spacial score (nSPS) is 12.6. The van der Waals surface area contributed by atoms with E-state index in [2.05, 4.69) is 9.88 Å². The van der Waals surface area contributed by atoms with Gasteiger partial charge in [0.2, 0.25) is 10.0 Å². The number of halogens is 4. The number of primary sulfonamides is 1. The van der Waals surface area contributed by atoms with E-state index in [-0.39, 0.29) is 6.07 Å². The molecule has 0 atom stereocenters. The van der Waals surface area contributed by atoms with Crippen molar-refractivity contribution in [2.24, 2.45) is 5.14 Å². The molecule has 2 N–H and O–H groups in total. The van der Waals surface area contributed by atoms with Crippen LogP contribution in [-0.2, 0) is 10.0 Å². The molecular weight excluding hydrogens is 254 g/mol. The molecule has 0 radical (unpaired) electrons. The van der Waals surface area contributed by atoms with Crippen LogP contribution in [0.1, 0.15) is 0 Å². The Bertz CT molecular complexity index is 497. The number of rotatable bonds is 2. The highest BCUT2D eigenvalue weighted by Gasteiger charge is 2.31. The van der Waals surface area contributed by atoms with E-state index in [0.717, 1.165) is 0 Å². The maximum absolute atomic E-state index is 13.0. The maximum atomic E-state index is 13.0. The summed E-state index contributed by atoms with van der Waals surface area (Å²) < 4.78 is 73.0. The minimum Gasteiger partial charge on any atom is -0.406 e. The highest BCUT2D eigenvalue weighted by atomic mass is 32.2. The number of alkyl halides is 3. The summed E-state index contributed by atoms with van der Waals surface area (Å²) in [5.41, 5.74) is 0. The molecule has 0 aliphatic carbocycles. The molecule has 0 aromatic heterocycles. The summed E-state index contributed by atoms with van der Waals surface area (Å²) in [6, 6.07) is 1.52. The standard InChI is InChI=1S/C7H5F4NO3S/c8-5-3-4(15-7(9,10)11)1-2-6(5)16(12,13)14/h1-3H,(H2,12,13,14). The zero-order chi connectivity index (χ0) is 12.6. The van der Waals surface area contributed by atoms with Crippen molar-refractivity contribution in [3.8, 4) is 5.75 Å². The third kappa shape index (κ3) is 3.35. The lowest BCUT2D eigenvalue weighted by molar-refractivity contribution is -0.274. The van der Waals surface area contributed by atoms with Crippen LogP contribution in [0.3, 0.4) is 0 Å². The van der Waals surface area contributed by atoms with Gasteiger partial charge in [-0.3, -0.25) is 0 Å². The molecule has 0 aliphatic rings. The number of nitrogens with two attached hydrogens (primary N) is 1. The van der Waals surface area contributed by atoms with E-state index < -0.39 is 32.8 Å². The summed E-state index contributed by atoms with van der Waals surface area (Å²) >= 11 is 0. The molecule has 0 unspecified atom stereocenters. The van der Waals surface area contributed by atoms with E-state index in [1.54, 1.807) is 0 Å². The quantitative estimate of drug-likeness (QED) is 0.815. The van der Waals surface area contributed by atoms with Crippen LogP contribution in [0.25, 0.3) is 0 Å². The van der Waals surface area contributed by atoms with Gasteiger partial charge in [-0.15, -0.1) is 13.2 Å². The fourth-order valence-electron chi connectivity index (χ4n) is 0.909. The average molecular weight is 259 g/mol. The van der Waals surface area contributed by atoms with Crippen LogP contribution >= 0.6 is 0 Å². The lowest BCUT2D eigenvalue weighted by atomic mass is 10.3. The fourth-order valence-corrected chi connectivity index (χ4v) is 1.50. The third-order valence-corrected chi connectivity index (χ3v) is 2.39. The number of hydrogen-bond donors (Lipinski definition) is 1. The second kappa shape index (κ2) is 3.91. The van der Waals surface area contributed by atoms with Gasteiger partial charge in [-0.2, -0.15) is 0 Å². The lowest BCUT2D eigenvalue weighted by Gasteiger charge is -2.09. The maximum Gasteiger partial charge on any atom is 0.573 e. The molecule has 4 nitrogen and oxygen atoms in total. The van der Waals surface area contributed by atoms with Gasteiger partial charge in [0.05, 0.1) is 0 Å². The molecule has 9 heteroatoms. The molecule has 1 aromatic rings. The number of hydrogen-bond acceptors (Lipinski definition) is 3. The van der Waals surface area contributed by atoms with Crippen molar-refractivity contribution in [3.63, 3.8) is 0 Å². The number of ether oxygens (including phenoxy) is 1. The molecule has 0 heterocycles. The first kappa shape index (κ1) is 12.7. The highest BCUT2D eigenvalue weighted by molar-refractivity contribution is 7.89. The van der Waals surface area contributed by atoms with Crippen molar-refractivity contribution < 1.29 is 30.7 Å². The van der Waals surface area contributed by atoms with Crippen molar-refractivity contribution in [1.82, 2.24) is 0 Å². The second-order valence-electron chi connectivity index (χ2n) is 2.69. The van der Waals surface area contributed by atoms with Crippen LogP contribution in [-0.4, -0.2) is 14.8 Å². The van der Waals surface area contributed by atoms with E-state index in [4.69, 9.17) is 0 Å². The summed E-state index contributed by atoms with van der Waals surface area (Å²) in [6.45, 7) is 0. The molecular formula is C7H5F4NO3S. The van der Waals surface area contributed by atoms with Crippen molar-refractivity contribution in [2.75, 3.05) is 0 Å². The van der Waals surface area contributed by atoms with Gasteiger partial charge in [-0.25, -0.2) is 17.9 Å². The molecule has 0 fully saturated rings. The smallest absolute Gasteiger partial charge is 0.406 e. The molecule has 16 heavy (non-hydrogen) atoms. The van der Waals surface area contributed by atoms with Gasteiger partial charge >= 0.3 is 6.36 Å². The summed E-state index contributed by atoms with van der Waals surface area (Å²) in [5, 5.41) is 4.60. The molecule has 0 aliphatic heterocycles. The Hall–Kier alpha value is -1.35. The molecule has 1 rings (SSSR count). The summed E-state index contributed by atoms with van der Waals surface area (Å²) in [5.74, 6) is -2.28. The first-order valence-electron chi connectivity index (χ1n) is 3.68. The van der Waals surface area contributed by atoms with Crippen molar-refractivity contribution in [2.45, 2.75) is 11.3 Å². The van der Waals surface area contributed by atoms with Crippen molar-refractivity contribution >= 4 is 10.0 Å². The molecule has 90 valence electrons. The van der Waals surface area contributed by atoms with E-state index in [1.807, 2.05) is 0 Å². The van der Waals surface area contributed by atoms with E-state index in [9.17, 15) is 26.0 Å². The fraction of sp³-hybridized carbons (Fsp3) is 0.143. The Morgan fingerprint density at radius 2 is 1.81 bits per heavy atom. The van der Waals surface area contributed by atoms with Gasteiger partial charge in [0.15, 0.2) is 0 Å².